The van der Waals surface area contributed by atoms with Crippen LogP contribution >= 0.6 is 0 Å². The van der Waals surface area contributed by atoms with Crippen LogP contribution in [0.15, 0.2) is 47.7 Å². The minimum absolute atomic E-state index is 0.000930. The number of rotatable bonds is 8. The molecular weight excluding hydrogens is 543 g/mol. The van der Waals surface area contributed by atoms with Gasteiger partial charge in [-0.05, 0) is 51.2 Å². The second-order valence-electron chi connectivity index (χ2n) is 10.7. The van der Waals surface area contributed by atoms with Crippen LogP contribution in [0, 0.1) is 12.7 Å². The summed E-state index contributed by atoms with van der Waals surface area (Å²) < 4.78 is 20.5. The maximum atomic E-state index is 13.5. The van der Waals surface area contributed by atoms with Gasteiger partial charge in [-0.15, -0.1) is 0 Å². The summed E-state index contributed by atoms with van der Waals surface area (Å²) in [7, 11) is 1.56. The van der Waals surface area contributed by atoms with Gasteiger partial charge in [-0.1, -0.05) is 6.07 Å². The number of aryl methyl sites for hydroxylation is 1. The van der Waals surface area contributed by atoms with Gasteiger partial charge in [0.2, 0.25) is 0 Å². The third kappa shape index (κ3) is 5.28. The maximum absolute atomic E-state index is 13.5. The van der Waals surface area contributed by atoms with Gasteiger partial charge in [0.05, 0.1) is 35.2 Å². The molecule has 6 rings (SSSR count). The topological polar surface area (TPSA) is 171 Å². The summed E-state index contributed by atoms with van der Waals surface area (Å²) in [4.78, 5) is 40.6. The maximum Gasteiger partial charge on any atom is 0.323 e. The van der Waals surface area contributed by atoms with E-state index in [1.165, 1.54) is 10.9 Å². The van der Waals surface area contributed by atoms with Gasteiger partial charge in [0.15, 0.2) is 17.5 Å². The monoisotopic (exact) mass is 574 g/mol. The van der Waals surface area contributed by atoms with Gasteiger partial charge in [-0.3, -0.25) is 9.89 Å². The molecule has 0 radical (unpaired) electrons. The summed E-state index contributed by atoms with van der Waals surface area (Å²) in [6.45, 7) is 3.78. The zero-order chi connectivity index (χ0) is 29.4. The fourth-order valence-electron chi connectivity index (χ4n) is 5.54. The Hall–Kier alpha value is -4.85. The summed E-state index contributed by atoms with van der Waals surface area (Å²) in [5, 5.41) is 17.3. The van der Waals surface area contributed by atoms with Gasteiger partial charge in [-0.25, -0.2) is 23.8 Å². The van der Waals surface area contributed by atoms with E-state index in [9.17, 15) is 14.0 Å². The van der Waals surface area contributed by atoms with E-state index in [4.69, 9.17) is 9.72 Å². The van der Waals surface area contributed by atoms with Crippen LogP contribution in [-0.4, -0.2) is 58.5 Å². The Labute approximate surface area is 239 Å². The molecule has 5 N–H and O–H groups in total. The smallest absolute Gasteiger partial charge is 0.323 e. The van der Waals surface area contributed by atoms with Crippen molar-refractivity contribution in [3.63, 3.8) is 0 Å². The number of ether oxygens (including phenoxy) is 1. The number of H-pyrrole nitrogens is 3. The summed E-state index contributed by atoms with van der Waals surface area (Å²) in [5.41, 5.74) is 2.44. The van der Waals surface area contributed by atoms with Crippen LogP contribution in [0.2, 0.25) is 0 Å². The number of amides is 1. The lowest BCUT2D eigenvalue weighted by Crippen LogP contribution is -2.50. The van der Waals surface area contributed by atoms with E-state index in [1.54, 1.807) is 25.4 Å². The van der Waals surface area contributed by atoms with E-state index < -0.39 is 11.4 Å². The Morgan fingerprint density at radius 3 is 2.64 bits per heavy atom. The first-order chi connectivity index (χ1) is 20.2. The largest absolute Gasteiger partial charge is 0.368 e. The highest BCUT2D eigenvalue weighted by Crippen LogP contribution is 2.41. The highest BCUT2D eigenvalue weighted by Gasteiger charge is 2.43. The zero-order valence-corrected chi connectivity index (χ0v) is 23.4. The fourth-order valence-corrected chi connectivity index (χ4v) is 5.54. The van der Waals surface area contributed by atoms with Crippen LogP contribution in [0.5, 0.6) is 0 Å². The third-order valence-corrected chi connectivity index (χ3v) is 7.88. The van der Waals surface area contributed by atoms with Gasteiger partial charge in [0.1, 0.15) is 11.4 Å². The lowest BCUT2D eigenvalue weighted by atomic mass is 9.76. The van der Waals surface area contributed by atoms with Crippen molar-refractivity contribution in [1.29, 1.82) is 0 Å². The van der Waals surface area contributed by atoms with Crippen molar-refractivity contribution >= 4 is 28.6 Å². The molecule has 1 aliphatic carbocycles. The fraction of sp³-hybridized carbons (Fsp3) is 0.357. The van der Waals surface area contributed by atoms with E-state index in [0.29, 0.717) is 54.2 Å². The number of carbonyl (C=O) groups excluding carboxylic acids is 1. The molecule has 5 aromatic heterocycles. The molecule has 0 unspecified atom stereocenters. The molecule has 5 aromatic rings. The highest BCUT2D eigenvalue weighted by atomic mass is 19.1. The van der Waals surface area contributed by atoms with Gasteiger partial charge in [0.25, 0.3) is 5.91 Å². The summed E-state index contributed by atoms with van der Waals surface area (Å²) in [6.07, 6.45) is 6.21. The van der Waals surface area contributed by atoms with Crippen molar-refractivity contribution in [2.75, 3.05) is 12.4 Å². The number of hydrogen-bond donors (Lipinski definition) is 5. The van der Waals surface area contributed by atoms with Gasteiger partial charge in [-0.2, -0.15) is 10.2 Å². The van der Waals surface area contributed by atoms with Crippen LogP contribution in [0.25, 0.3) is 16.9 Å². The molecule has 0 saturated heterocycles. The van der Waals surface area contributed by atoms with Crippen molar-refractivity contribution in [2.45, 2.75) is 57.1 Å². The van der Waals surface area contributed by atoms with E-state index in [1.807, 2.05) is 26.0 Å². The number of carbonyl (C=O) groups is 1. The number of halogens is 1. The number of nitrogens with zero attached hydrogens (tertiary/aromatic N) is 5. The van der Waals surface area contributed by atoms with E-state index in [2.05, 4.69) is 40.9 Å². The van der Waals surface area contributed by atoms with Crippen LogP contribution in [0.3, 0.4) is 0 Å². The van der Waals surface area contributed by atoms with Crippen molar-refractivity contribution in [3.05, 3.63) is 76.1 Å². The average molecular weight is 575 g/mol. The number of hydrogen-bond acceptors (Lipinski definition) is 8. The van der Waals surface area contributed by atoms with E-state index >= 15 is 0 Å². The number of anilines is 2. The number of pyridine rings is 2. The first kappa shape index (κ1) is 27.3. The molecule has 0 bridgehead atoms. The zero-order valence-electron chi connectivity index (χ0n) is 23.4. The number of fused-ring (bicyclic) bond motifs is 1. The predicted molar refractivity (Wildman–Crippen MR) is 152 cm³/mol. The number of methoxy groups -OCH3 is 1. The molecular formula is C28H31FN10O3. The van der Waals surface area contributed by atoms with Crippen molar-refractivity contribution in [2.24, 2.45) is 0 Å². The Morgan fingerprint density at radius 1 is 1.19 bits per heavy atom. The Balaban J connectivity index is 1.16. The Kier molecular flexibility index (Phi) is 7.06. The summed E-state index contributed by atoms with van der Waals surface area (Å²) in [5.74, 6) is 1.00. The van der Waals surface area contributed by atoms with Crippen LogP contribution in [0.1, 0.15) is 61.5 Å². The molecule has 1 amide bonds. The molecule has 1 saturated carbocycles. The molecule has 0 aliphatic heterocycles. The average Bonchev–Trinajstić information content (AvgIpc) is 3.71. The minimum Gasteiger partial charge on any atom is -0.368 e. The molecule has 1 atom stereocenters. The SMILES string of the molecule is COC1(C(=O)N[C@@H](C)c2ccc(-n3cc(F)cn3)nc2)CCC(c2nc(Nc3cc(C)[nH]n3)cc3[nH]c(=O)[nH]c23)CC1. The number of aromatic amines is 3. The first-order valence-corrected chi connectivity index (χ1v) is 13.7. The van der Waals surface area contributed by atoms with Gasteiger partial charge < -0.3 is 25.3 Å². The third-order valence-electron chi connectivity index (χ3n) is 7.88. The highest BCUT2D eigenvalue weighted by molar-refractivity contribution is 5.86. The quantitative estimate of drug-likeness (QED) is 0.187. The molecule has 5 heterocycles. The van der Waals surface area contributed by atoms with Crippen molar-refractivity contribution < 1.29 is 13.9 Å². The molecule has 42 heavy (non-hydrogen) atoms. The molecule has 0 aromatic carbocycles. The van der Waals surface area contributed by atoms with Crippen LogP contribution in [-0.2, 0) is 9.53 Å². The number of imidazole rings is 1. The standard InChI is InChI=1S/C28H31FN10O3/c1-15-10-22(38-37-15)34-21-11-20-25(36-27(41)33-20)24(35-21)17-6-8-28(42-3,9-7-17)26(40)32-16(2)18-4-5-23(30-12-18)39-14-19(29)13-31-39/h4-5,10-14,16-17H,6-9H2,1-3H3,(H,32,40)(H2,33,36,41)(H2,34,35,37,38)/t16-,17?,28?/m0/s1. The Bertz CT molecular complexity index is 1780. The van der Waals surface area contributed by atoms with Crippen molar-refractivity contribution in [1.82, 2.24) is 45.2 Å². The van der Waals surface area contributed by atoms with Crippen molar-refractivity contribution in [3.8, 4) is 5.82 Å². The lowest BCUT2D eigenvalue weighted by Gasteiger charge is -2.38. The lowest BCUT2D eigenvalue weighted by molar-refractivity contribution is -0.148. The first-order valence-electron chi connectivity index (χ1n) is 13.7. The minimum atomic E-state index is -1.00. The Morgan fingerprint density at radius 2 is 2.00 bits per heavy atom. The number of nitrogens with one attached hydrogen (secondary N) is 5. The van der Waals surface area contributed by atoms with Crippen LogP contribution in [0.4, 0.5) is 16.0 Å². The normalized spacial score (nSPS) is 19.6. The van der Waals surface area contributed by atoms with E-state index in [0.717, 1.165) is 23.1 Å². The van der Waals surface area contributed by atoms with Gasteiger partial charge >= 0.3 is 5.69 Å². The second-order valence-corrected chi connectivity index (χ2v) is 10.7. The van der Waals surface area contributed by atoms with Gasteiger partial charge in [0, 0.05) is 37.1 Å². The number of aromatic nitrogens is 8. The van der Waals surface area contributed by atoms with E-state index in [-0.39, 0.29) is 23.6 Å². The molecule has 14 heteroatoms. The molecule has 13 nitrogen and oxygen atoms in total. The van der Waals surface area contributed by atoms with Crippen LogP contribution < -0.4 is 16.3 Å². The second kappa shape index (κ2) is 10.9. The predicted octanol–water partition coefficient (Wildman–Crippen LogP) is 3.67. The molecule has 218 valence electrons. The molecule has 1 aliphatic rings. The molecule has 0 spiro atoms. The summed E-state index contributed by atoms with van der Waals surface area (Å²) >= 11 is 0. The summed E-state index contributed by atoms with van der Waals surface area (Å²) in [6, 6.07) is 6.84. The molecule has 1 fully saturated rings.